The molecule has 1 heterocycles. The highest BCUT2D eigenvalue weighted by atomic mass is 32.2. The Labute approximate surface area is 118 Å². The van der Waals surface area contributed by atoms with Gasteiger partial charge >= 0.3 is 0 Å². The topological polar surface area (TPSA) is 98.5 Å². The molecule has 1 unspecified atom stereocenters. The van der Waals surface area contributed by atoms with Gasteiger partial charge in [0.1, 0.15) is 5.75 Å². The smallest absolute Gasteiger partial charge is 0.239 e. The monoisotopic (exact) mass is 298 g/mol. The number of nitrogens with two attached hydrogens (primary N) is 1. The third kappa shape index (κ3) is 4.50. The molecule has 0 saturated carbocycles. The summed E-state index contributed by atoms with van der Waals surface area (Å²) in [7, 11) is -3.46. The zero-order chi connectivity index (χ0) is 14.6. The van der Waals surface area contributed by atoms with E-state index >= 15 is 0 Å². The van der Waals surface area contributed by atoms with Crippen molar-refractivity contribution < 1.29 is 17.9 Å². The van der Waals surface area contributed by atoms with Gasteiger partial charge in [-0.3, -0.25) is 4.79 Å². The number of hydrogen-bond donors (Lipinski definition) is 2. The van der Waals surface area contributed by atoms with Gasteiger partial charge in [-0.15, -0.1) is 0 Å². The van der Waals surface area contributed by atoms with Crippen molar-refractivity contribution in [1.29, 1.82) is 0 Å². The molecular formula is C13H18N2O4S. The lowest BCUT2D eigenvalue weighted by Gasteiger charge is -2.10. The van der Waals surface area contributed by atoms with Gasteiger partial charge in [-0.2, -0.15) is 0 Å². The van der Waals surface area contributed by atoms with E-state index in [1.54, 1.807) is 24.3 Å². The maximum absolute atomic E-state index is 11.9. The number of carbonyl (C=O) groups excluding carboxylic acids is 1. The summed E-state index contributed by atoms with van der Waals surface area (Å²) in [6, 6.07) is 6.60. The van der Waals surface area contributed by atoms with Crippen molar-refractivity contribution in [3.63, 3.8) is 0 Å². The average Bonchev–Trinajstić information content (AvgIpc) is 2.79. The first-order valence-corrected chi connectivity index (χ1v) is 8.24. The summed E-state index contributed by atoms with van der Waals surface area (Å²) in [4.78, 5) is 11.7. The summed E-state index contributed by atoms with van der Waals surface area (Å²) < 4.78 is 29.1. The molecule has 0 spiro atoms. The summed E-state index contributed by atoms with van der Waals surface area (Å²) in [6.07, 6.45) is 1.33. The van der Waals surface area contributed by atoms with Crippen LogP contribution in [0.15, 0.2) is 24.3 Å². The Morgan fingerprint density at radius 3 is 2.90 bits per heavy atom. The van der Waals surface area contributed by atoms with E-state index in [0.717, 1.165) is 12.8 Å². The third-order valence-electron chi connectivity index (χ3n) is 2.99. The molecule has 1 aromatic carbocycles. The normalized spacial score (nSPS) is 18.9. The highest BCUT2D eigenvalue weighted by Gasteiger charge is 2.25. The zero-order valence-corrected chi connectivity index (χ0v) is 11.9. The Hall–Kier alpha value is -1.60. The highest BCUT2D eigenvalue weighted by molar-refractivity contribution is 7.92. The van der Waals surface area contributed by atoms with Crippen LogP contribution in [0.25, 0.3) is 0 Å². The minimum atomic E-state index is -3.46. The quantitative estimate of drug-likeness (QED) is 0.783. The lowest BCUT2D eigenvalue weighted by molar-refractivity contribution is -0.113. The molecule has 1 aromatic rings. The van der Waals surface area contributed by atoms with Crippen molar-refractivity contribution in [3.8, 4) is 0 Å². The largest absolute Gasteiger partial charge is 0.399 e. The molecule has 1 aliphatic rings. The molecular weight excluding hydrogens is 280 g/mol. The van der Waals surface area contributed by atoms with Crippen molar-refractivity contribution in [1.82, 2.24) is 0 Å². The van der Waals surface area contributed by atoms with E-state index in [0.29, 0.717) is 18.0 Å². The van der Waals surface area contributed by atoms with E-state index < -0.39 is 21.5 Å². The maximum Gasteiger partial charge on any atom is 0.239 e. The third-order valence-corrected chi connectivity index (χ3v) is 4.57. The van der Waals surface area contributed by atoms with Crippen molar-refractivity contribution in [3.05, 3.63) is 24.3 Å². The SMILES string of the molecule is Nc1cccc(NC(=O)CS(=O)(=O)CC2CCCO2)c1. The second kappa shape index (κ2) is 6.23. The fourth-order valence-corrected chi connectivity index (χ4v) is 3.55. The molecule has 1 aliphatic heterocycles. The first-order valence-electron chi connectivity index (χ1n) is 6.42. The van der Waals surface area contributed by atoms with Gasteiger partial charge in [0.05, 0.1) is 11.9 Å². The molecule has 20 heavy (non-hydrogen) atoms. The predicted molar refractivity (Wildman–Crippen MR) is 77.1 cm³/mol. The minimum Gasteiger partial charge on any atom is -0.399 e. The van der Waals surface area contributed by atoms with E-state index in [4.69, 9.17) is 10.5 Å². The first-order chi connectivity index (χ1) is 9.44. The van der Waals surface area contributed by atoms with Gasteiger partial charge in [0.2, 0.25) is 5.91 Å². The molecule has 1 fully saturated rings. The summed E-state index contributed by atoms with van der Waals surface area (Å²) >= 11 is 0. The van der Waals surface area contributed by atoms with Crippen LogP contribution in [0.2, 0.25) is 0 Å². The van der Waals surface area contributed by atoms with Crippen LogP contribution >= 0.6 is 0 Å². The molecule has 7 heteroatoms. The van der Waals surface area contributed by atoms with Crippen molar-refractivity contribution in [2.75, 3.05) is 29.2 Å². The second-order valence-corrected chi connectivity index (χ2v) is 6.97. The minimum absolute atomic E-state index is 0.0999. The molecule has 0 bridgehead atoms. The molecule has 0 aromatic heterocycles. The number of nitrogen functional groups attached to an aromatic ring is 1. The summed E-state index contributed by atoms with van der Waals surface area (Å²) in [5, 5.41) is 2.52. The number of benzene rings is 1. The van der Waals surface area contributed by atoms with E-state index in [1.165, 1.54) is 0 Å². The van der Waals surface area contributed by atoms with E-state index in [2.05, 4.69) is 5.32 Å². The lowest BCUT2D eigenvalue weighted by atomic mass is 10.3. The number of rotatable bonds is 5. The molecule has 1 atom stereocenters. The fourth-order valence-electron chi connectivity index (χ4n) is 2.13. The predicted octanol–water partition coefficient (Wildman–Crippen LogP) is 0.801. The summed E-state index contributed by atoms with van der Waals surface area (Å²) in [5.41, 5.74) is 6.58. The number of nitrogens with one attached hydrogen (secondary N) is 1. The Bertz CT molecular complexity index is 580. The molecule has 3 N–H and O–H groups in total. The molecule has 0 aliphatic carbocycles. The highest BCUT2D eigenvalue weighted by Crippen LogP contribution is 2.15. The van der Waals surface area contributed by atoms with Crippen LogP contribution in [0.3, 0.4) is 0 Å². The van der Waals surface area contributed by atoms with Crippen LogP contribution in [-0.4, -0.2) is 38.5 Å². The molecule has 0 radical (unpaired) electrons. The van der Waals surface area contributed by atoms with Gasteiger partial charge in [-0.05, 0) is 31.0 Å². The molecule has 1 saturated heterocycles. The van der Waals surface area contributed by atoms with Crippen LogP contribution in [0.5, 0.6) is 0 Å². The Kier molecular flexibility index (Phi) is 4.61. The number of amides is 1. The Morgan fingerprint density at radius 2 is 2.25 bits per heavy atom. The Morgan fingerprint density at radius 1 is 1.45 bits per heavy atom. The van der Waals surface area contributed by atoms with E-state index in [1.807, 2.05) is 0 Å². The van der Waals surface area contributed by atoms with Gasteiger partial charge in [0.25, 0.3) is 0 Å². The zero-order valence-electron chi connectivity index (χ0n) is 11.0. The Balaban J connectivity index is 1.89. The van der Waals surface area contributed by atoms with Crippen LogP contribution < -0.4 is 11.1 Å². The number of sulfone groups is 1. The molecule has 2 rings (SSSR count). The van der Waals surface area contributed by atoms with Crippen molar-refractivity contribution in [2.24, 2.45) is 0 Å². The summed E-state index contributed by atoms with van der Waals surface area (Å²) in [6.45, 7) is 0.593. The van der Waals surface area contributed by atoms with Gasteiger partial charge < -0.3 is 15.8 Å². The lowest BCUT2D eigenvalue weighted by Crippen LogP contribution is -2.29. The first kappa shape index (κ1) is 14.8. The van der Waals surface area contributed by atoms with E-state index in [-0.39, 0.29) is 11.9 Å². The van der Waals surface area contributed by atoms with E-state index in [9.17, 15) is 13.2 Å². The standard InChI is InChI=1S/C13H18N2O4S/c14-10-3-1-4-11(7-10)15-13(16)9-20(17,18)8-12-5-2-6-19-12/h1,3-4,7,12H,2,5-6,8-9,14H2,(H,15,16). The maximum atomic E-state index is 11.9. The second-order valence-electron chi connectivity index (χ2n) is 4.86. The number of anilines is 2. The van der Waals surface area contributed by atoms with Crippen molar-refractivity contribution in [2.45, 2.75) is 18.9 Å². The van der Waals surface area contributed by atoms with Gasteiger partial charge in [0.15, 0.2) is 9.84 Å². The van der Waals surface area contributed by atoms with Gasteiger partial charge in [-0.25, -0.2) is 8.42 Å². The van der Waals surface area contributed by atoms with Gasteiger partial charge in [-0.1, -0.05) is 6.07 Å². The molecule has 110 valence electrons. The number of ether oxygens (including phenoxy) is 1. The summed E-state index contributed by atoms with van der Waals surface area (Å²) in [5.74, 6) is -1.20. The molecule has 1 amide bonds. The van der Waals surface area contributed by atoms with Crippen LogP contribution in [0.1, 0.15) is 12.8 Å². The van der Waals surface area contributed by atoms with Crippen LogP contribution in [-0.2, 0) is 19.4 Å². The number of hydrogen-bond acceptors (Lipinski definition) is 5. The average molecular weight is 298 g/mol. The van der Waals surface area contributed by atoms with Crippen LogP contribution in [0, 0.1) is 0 Å². The van der Waals surface area contributed by atoms with Crippen molar-refractivity contribution >= 4 is 27.1 Å². The number of carbonyl (C=O) groups is 1. The van der Waals surface area contributed by atoms with Gasteiger partial charge in [0, 0.05) is 18.0 Å². The van der Waals surface area contributed by atoms with Crippen LogP contribution in [0.4, 0.5) is 11.4 Å². The fraction of sp³-hybridized carbons (Fsp3) is 0.462. The molecule has 6 nitrogen and oxygen atoms in total.